The highest BCUT2D eigenvalue weighted by Crippen LogP contribution is 2.40. The molecule has 0 N–H and O–H groups in total. The average Bonchev–Trinajstić information content (AvgIpc) is 2.75. The Hall–Kier alpha value is -3.28. The van der Waals surface area contributed by atoms with Crippen LogP contribution in [0.4, 0.5) is 8.78 Å². The summed E-state index contributed by atoms with van der Waals surface area (Å²) in [6.07, 6.45) is 0.845. The van der Waals surface area contributed by atoms with Crippen LogP contribution >= 0.6 is 0 Å². The van der Waals surface area contributed by atoms with E-state index in [4.69, 9.17) is 0 Å². The number of halogens is 2. The third-order valence-electron chi connectivity index (χ3n) is 6.13. The van der Waals surface area contributed by atoms with Gasteiger partial charge in [0.05, 0.1) is 0 Å². The molecule has 1 fully saturated rings. The molecule has 0 saturated carbocycles. The lowest BCUT2D eigenvalue weighted by Gasteiger charge is -2.43. The molecule has 1 aromatic heterocycles. The lowest BCUT2D eigenvalue weighted by molar-refractivity contribution is 0.0595. The second-order valence-corrected chi connectivity index (χ2v) is 8.08. The zero-order chi connectivity index (χ0) is 20.8. The summed E-state index contributed by atoms with van der Waals surface area (Å²) in [7, 11) is 0. The lowest BCUT2D eigenvalue weighted by Crippen LogP contribution is -2.49. The van der Waals surface area contributed by atoms with Crippen molar-refractivity contribution in [1.82, 2.24) is 9.47 Å². The van der Waals surface area contributed by atoms with Gasteiger partial charge >= 0.3 is 0 Å². The average molecular weight is 406 g/mol. The second-order valence-electron chi connectivity index (χ2n) is 8.08. The summed E-state index contributed by atoms with van der Waals surface area (Å²) in [6.45, 7) is 1.49. The minimum absolute atomic E-state index is 0.0644. The summed E-state index contributed by atoms with van der Waals surface area (Å²) >= 11 is 0. The molecule has 0 radical (unpaired) electrons. The molecule has 30 heavy (non-hydrogen) atoms. The Morgan fingerprint density at radius 1 is 0.867 bits per heavy atom. The number of carbonyl (C=O) groups excluding carboxylic acids is 1. The van der Waals surface area contributed by atoms with Gasteiger partial charge < -0.3 is 9.47 Å². The second kappa shape index (κ2) is 7.20. The predicted molar refractivity (Wildman–Crippen MR) is 109 cm³/mol. The van der Waals surface area contributed by atoms with E-state index < -0.39 is 0 Å². The molecule has 0 aliphatic carbocycles. The van der Waals surface area contributed by atoms with E-state index in [1.165, 1.54) is 36.4 Å². The topological polar surface area (TPSA) is 42.3 Å². The van der Waals surface area contributed by atoms with Crippen molar-refractivity contribution in [3.63, 3.8) is 0 Å². The minimum atomic E-state index is -0.384. The minimum Gasteiger partial charge on any atom is -0.338 e. The van der Waals surface area contributed by atoms with Gasteiger partial charge in [-0.2, -0.15) is 0 Å². The number of nitrogens with zero attached hydrogens (tertiary/aromatic N) is 2. The summed E-state index contributed by atoms with van der Waals surface area (Å²) < 4.78 is 29.5. The maximum atomic E-state index is 14.5. The van der Waals surface area contributed by atoms with Crippen LogP contribution in [-0.4, -0.2) is 28.5 Å². The zero-order valence-corrected chi connectivity index (χ0v) is 16.2. The van der Waals surface area contributed by atoms with Gasteiger partial charge in [-0.25, -0.2) is 8.78 Å². The van der Waals surface area contributed by atoms with E-state index in [9.17, 15) is 18.4 Å². The van der Waals surface area contributed by atoms with Crippen molar-refractivity contribution in [3.8, 4) is 11.1 Å². The predicted octanol–water partition coefficient (Wildman–Crippen LogP) is 4.05. The highest BCUT2D eigenvalue weighted by molar-refractivity contribution is 5.94. The van der Waals surface area contributed by atoms with Crippen molar-refractivity contribution in [2.75, 3.05) is 13.1 Å². The summed E-state index contributed by atoms with van der Waals surface area (Å²) in [4.78, 5) is 27.4. The van der Waals surface area contributed by atoms with Gasteiger partial charge in [-0.05, 0) is 48.7 Å². The van der Waals surface area contributed by atoms with E-state index in [1.807, 2.05) is 0 Å². The molecule has 2 aliphatic rings. The molecule has 2 bridgehead atoms. The molecule has 1 amide bonds. The molecular weight excluding hydrogens is 386 g/mol. The monoisotopic (exact) mass is 406 g/mol. The van der Waals surface area contributed by atoms with Gasteiger partial charge in [-0.1, -0.05) is 18.2 Å². The molecule has 3 heterocycles. The van der Waals surface area contributed by atoms with E-state index in [0.717, 1.165) is 12.1 Å². The quantitative estimate of drug-likeness (QED) is 0.644. The van der Waals surface area contributed by atoms with E-state index in [0.29, 0.717) is 36.3 Å². The Bertz CT molecular complexity index is 1190. The number of rotatable bonds is 2. The fraction of sp³-hybridized carbons (Fsp3) is 0.250. The van der Waals surface area contributed by atoms with Gasteiger partial charge in [0.15, 0.2) is 0 Å². The molecule has 0 spiro atoms. The molecule has 2 unspecified atom stereocenters. The van der Waals surface area contributed by atoms with Gasteiger partial charge in [0.25, 0.3) is 11.5 Å². The number of hydrogen-bond donors (Lipinski definition) is 0. The highest BCUT2D eigenvalue weighted by Gasteiger charge is 2.38. The van der Waals surface area contributed by atoms with Crippen LogP contribution in [0, 0.1) is 17.6 Å². The first-order valence-electron chi connectivity index (χ1n) is 10.0. The fourth-order valence-corrected chi connectivity index (χ4v) is 4.86. The van der Waals surface area contributed by atoms with Crippen molar-refractivity contribution >= 4 is 5.91 Å². The van der Waals surface area contributed by atoms with Gasteiger partial charge in [-0.3, -0.25) is 9.59 Å². The highest BCUT2D eigenvalue weighted by atomic mass is 19.1. The molecule has 152 valence electrons. The molecule has 2 aliphatic heterocycles. The Balaban J connectivity index is 1.55. The number of carbonyl (C=O) groups is 1. The van der Waals surface area contributed by atoms with Gasteiger partial charge in [0.1, 0.15) is 11.6 Å². The van der Waals surface area contributed by atoms with E-state index >= 15 is 0 Å². The van der Waals surface area contributed by atoms with Crippen molar-refractivity contribution in [2.24, 2.45) is 5.92 Å². The van der Waals surface area contributed by atoms with Crippen molar-refractivity contribution in [2.45, 2.75) is 18.9 Å². The van der Waals surface area contributed by atoms with E-state index in [2.05, 4.69) is 0 Å². The van der Waals surface area contributed by atoms with Gasteiger partial charge in [0, 0.05) is 54.0 Å². The molecule has 5 rings (SSSR count). The van der Waals surface area contributed by atoms with Gasteiger partial charge in [-0.15, -0.1) is 0 Å². The summed E-state index contributed by atoms with van der Waals surface area (Å²) in [6, 6.07) is 15.3. The first-order chi connectivity index (χ1) is 14.5. The number of fused-ring (bicyclic) bond motifs is 4. The van der Waals surface area contributed by atoms with Crippen LogP contribution in [0.5, 0.6) is 0 Å². The number of aromatic nitrogens is 1. The number of hydrogen-bond acceptors (Lipinski definition) is 2. The molecular formula is C24H20F2N2O2. The standard InChI is InChI=1S/C24H20F2N2O2/c25-18-7-5-16(6-8-18)24(30)27-12-15-11-17(14-27)23-20(9-10-22(29)28(23)13-15)19-3-1-2-4-21(19)26/h1-10,15,17H,11-14H2. The van der Waals surface area contributed by atoms with E-state index in [1.54, 1.807) is 33.7 Å². The van der Waals surface area contributed by atoms with E-state index in [-0.39, 0.29) is 34.9 Å². The van der Waals surface area contributed by atoms with Crippen LogP contribution < -0.4 is 5.56 Å². The summed E-state index contributed by atoms with van der Waals surface area (Å²) in [5.74, 6) is -0.787. The molecule has 4 nitrogen and oxygen atoms in total. The molecule has 2 aromatic carbocycles. The molecule has 1 saturated heterocycles. The third kappa shape index (κ3) is 3.12. The number of piperidine rings is 1. The van der Waals surface area contributed by atoms with Crippen LogP contribution in [0.1, 0.15) is 28.4 Å². The van der Waals surface area contributed by atoms with Crippen LogP contribution in [-0.2, 0) is 6.54 Å². The summed E-state index contributed by atoms with van der Waals surface area (Å²) in [5.41, 5.74) is 2.30. The Labute approximate surface area is 172 Å². The smallest absolute Gasteiger partial charge is 0.253 e. The SMILES string of the molecule is O=C(c1ccc(F)cc1)N1CC2CC(C1)c1c(-c3ccccc3F)ccc(=O)n1C2. The first kappa shape index (κ1) is 18.7. The largest absolute Gasteiger partial charge is 0.338 e. The lowest BCUT2D eigenvalue weighted by atomic mass is 9.80. The van der Waals surface area contributed by atoms with Crippen molar-refractivity contribution in [1.29, 1.82) is 0 Å². The molecule has 2 atom stereocenters. The Morgan fingerprint density at radius 2 is 1.63 bits per heavy atom. The maximum Gasteiger partial charge on any atom is 0.253 e. The fourth-order valence-electron chi connectivity index (χ4n) is 4.86. The number of benzene rings is 2. The molecule has 3 aromatic rings. The normalized spacial score (nSPS) is 20.0. The first-order valence-corrected chi connectivity index (χ1v) is 10.0. The summed E-state index contributed by atoms with van der Waals surface area (Å²) in [5, 5.41) is 0. The maximum absolute atomic E-state index is 14.5. The van der Waals surface area contributed by atoms with Crippen molar-refractivity contribution < 1.29 is 13.6 Å². The van der Waals surface area contributed by atoms with Crippen LogP contribution in [0.3, 0.4) is 0 Å². The number of pyridine rings is 1. The molecule has 6 heteroatoms. The zero-order valence-electron chi connectivity index (χ0n) is 16.2. The van der Waals surface area contributed by atoms with Gasteiger partial charge in [0.2, 0.25) is 0 Å². The third-order valence-corrected chi connectivity index (χ3v) is 6.13. The van der Waals surface area contributed by atoms with Crippen molar-refractivity contribution in [3.05, 3.63) is 93.9 Å². The van der Waals surface area contributed by atoms with Crippen LogP contribution in [0.2, 0.25) is 0 Å². The van der Waals surface area contributed by atoms with Crippen LogP contribution in [0.15, 0.2) is 65.5 Å². The Morgan fingerprint density at radius 3 is 2.40 bits per heavy atom. The Kier molecular flexibility index (Phi) is 4.50. The number of likely N-dealkylation sites (tertiary alicyclic amines) is 1. The van der Waals surface area contributed by atoms with Crippen LogP contribution in [0.25, 0.3) is 11.1 Å². The number of amides is 1.